The minimum absolute atomic E-state index is 0.0231. The molecule has 53 heavy (non-hydrogen) atoms. The standard InChI is InChI=1S/C46H60N2O5/c1-28(2)33-19-24-46(27-47-41(52)48-32-15-13-31(14-16-32)40(51)53-8)26-25-44(6)35(38(33)46)17-18-37-43(5)22-20-34(29-9-11-30(12-10-29)39(49)50)42(3,4)36(43)21-23-45(37,44)7/h9-16,20,33,35-38H,1,17-19,21-27H2,2-8H3,(H,49,50)(H2,47,48,52). The van der Waals surface area contributed by atoms with Gasteiger partial charge < -0.3 is 20.5 Å². The Morgan fingerprint density at radius 1 is 0.830 bits per heavy atom. The molecule has 7 rings (SSSR count). The van der Waals surface area contributed by atoms with Crippen molar-refractivity contribution in [3.8, 4) is 0 Å². The summed E-state index contributed by atoms with van der Waals surface area (Å²) in [6, 6.07) is 14.1. The maximum atomic E-state index is 13.3. The fourth-order valence-electron chi connectivity index (χ4n) is 13.7. The van der Waals surface area contributed by atoms with Gasteiger partial charge in [-0.3, -0.25) is 0 Å². The summed E-state index contributed by atoms with van der Waals surface area (Å²) in [6.07, 6.45) is 13.0. The van der Waals surface area contributed by atoms with Crippen LogP contribution in [0.25, 0.3) is 5.57 Å². The maximum absolute atomic E-state index is 13.3. The van der Waals surface area contributed by atoms with Crippen molar-refractivity contribution in [2.24, 2.45) is 56.7 Å². The van der Waals surface area contributed by atoms with Gasteiger partial charge >= 0.3 is 18.0 Å². The van der Waals surface area contributed by atoms with Crippen molar-refractivity contribution >= 4 is 29.2 Å². The van der Waals surface area contributed by atoms with Crippen molar-refractivity contribution in [3.63, 3.8) is 0 Å². The number of carboxylic acid groups (broad SMARTS) is 1. The summed E-state index contributed by atoms with van der Waals surface area (Å²) < 4.78 is 4.81. The van der Waals surface area contributed by atoms with Crippen molar-refractivity contribution in [1.82, 2.24) is 5.32 Å². The molecule has 284 valence electrons. The molecule has 4 saturated carbocycles. The second-order valence-corrected chi connectivity index (χ2v) is 18.9. The molecule has 4 fully saturated rings. The molecule has 2 aromatic rings. The monoisotopic (exact) mass is 720 g/mol. The first-order valence-electron chi connectivity index (χ1n) is 19.9. The quantitative estimate of drug-likeness (QED) is 0.195. The van der Waals surface area contributed by atoms with Gasteiger partial charge in [0, 0.05) is 12.2 Å². The Labute approximate surface area is 316 Å². The highest BCUT2D eigenvalue weighted by molar-refractivity contribution is 5.92. The lowest BCUT2D eigenvalue weighted by Crippen LogP contribution is -2.66. The summed E-state index contributed by atoms with van der Waals surface area (Å²) in [5, 5.41) is 15.8. The Morgan fingerprint density at radius 2 is 1.51 bits per heavy atom. The number of hydrogen-bond donors (Lipinski definition) is 3. The number of anilines is 1. The van der Waals surface area contributed by atoms with E-state index in [4.69, 9.17) is 4.74 Å². The van der Waals surface area contributed by atoms with Gasteiger partial charge in [-0.05, 0) is 169 Å². The zero-order valence-electron chi connectivity index (χ0n) is 32.9. The summed E-state index contributed by atoms with van der Waals surface area (Å²) in [5.41, 5.74) is 5.86. The average molecular weight is 721 g/mol. The molecule has 7 heteroatoms. The van der Waals surface area contributed by atoms with Gasteiger partial charge in [0.15, 0.2) is 0 Å². The van der Waals surface area contributed by atoms with Gasteiger partial charge in [0.05, 0.1) is 18.2 Å². The van der Waals surface area contributed by atoms with Crippen LogP contribution in [0.15, 0.2) is 66.8 Å². The number of rotatable bonds is 7. The van der Waals surface area contributed by atoms with Crippen LogP contribution in [0, 0.1) is 56.7 Å². The van der Waals surface area contributed by atoms with Crippen molar-refractivity contribution in [3.05, 3.63) is 83.4 Å². The van der Waals surface area contributed by atoms with Crippen LogP contribution in [0.2, 0.25) is 0 Å². The number of aromatic carboxylic acids is 1. The molecule has 0 heterocycles. The fraction of sp³-hybridized carbons (Fsp3) is 0.587. The Morgan fingerprint density at radius 3 is 2.15 bits per heavy atom. The average Bonchev–Trinajstić information content (AvgIpc) is 3.51. The lowest BCUT2D eigenvalue weighted by Gasteiger charge is -2.72. The second kappa shape index (κ2) is 13.2. The van der Waals surface area contributed by atoms with Crippen molar-refractivity contribution < 1.29 is 24.2 Å². The summed E-state index contributed by atoms with van der Waals surface area (Å²) in [6.45, 7) is 20.2. The number of urea groups is 1. The van der Waals surface area contributed by atoms with Crippen LogP contribution in [0.3, 0.4) is 0 Å². The van der Waals surface area contributed by atoms with Crippen molar-refractivity contribution in [1.29, 1.82) is 0 Å². The lowest BCUT2D eigenvalue weighted by atomic mass is 9.32. The predicted molar refractivity (Wildman–Crippen MR) is 211 cm³/mol. The summed E-state index contributed by atoms with van der Waals surface area (Å²) in [4.78, 5) is 36.8. The number of amides is 2. The first-order valence-corrected chi connectivity index (χ1v) is 19.9. The van der Waals surface area contributed by atoms with Gasteiger partial charge in [-0.15, -0.1) is 0 Å². The van der Waals surface area contributed by atoms with E-state index in [0.29, 0.717) is 52.9 Å². The highest BCUT2D eigenvalue weighted by Gasteiger charge is 2.70. The van der Waals surface area contributed by atoms with E-state index in [1.165, 1.54) is 50.4 Å². The molecule has 0 aromatic heterocycles. The molecular weight excluding hydrogens is 661 g/mol. The number of ether oxygens (including phenoxy) is 1. The Hall–Kier alpha value is -3.87. The smallest absolute Gasteiger partial charge is 0.337 e. The highest BCUT2D eigenvalue weighted by Crippen LogP contribution is 2.77. The molecule has 2 aromatic carbocycles. The SMILES string of the molecule is C=C(C)C1CCC2(CNC(=O)Nc3ccc(C(=O)OC)cc3)CCC3(C)C(CCC4C5(C)CC=C(c6ccc(C(=O)O)cc6)C(C)(C)C5CCC43C)C12. The molecule has 5 aliphatic rings. The van der Waals surface area contributed by atoms with E-state index in [-0.39, 0.29) is 33.1 Å². The molecule has 0 radical (unpaired) electrons. The maximum Gasteiger partial charge on any atom is 0.337 e. The molecule has 3 N–H and O–H groups in total. The van der Waals surface area contributed by atoms with Crippen molar-refractivity contribution in [2.75, 3.05) is 19.0 Å². The molecule has 0 spiro atoms. The predicted octanol–water partition coefficient (Wildman–Crippen LogP) is 10.6. The Bertz CT molecular complexity index is 1830. The van der Waals surface area contributed by atoms with Crippen LogP contribution >= 0.6 is 0 Å². The first kappa shape index (κ1) is 37.4. The number of hydrogen-bond acceptors (Lipinski definition) is 4. The third kappa shape index (κ3) is 5.78. The molecular formula is C46H60N2O5. The van der Waals surface area contributed by atoms with E-state index in [9.17, 15) is 19.5 Å². The van der Waals surface area contributed by atoms with Gasteiger partial charge in [0.2, 0.25) is 0 Å². The molecule has 2 amide bonds. The number of carbonyl (C=O) groups is 3. The number of nitrogens with one attached hydrogen (secondary N) is 2. The number of allylic oxidation sites excluding steroid dienone is 3. The van der Waals surface area contributed by atoms with Crippen LogP contribution < -0.4 is 10.6 Å². The number of fused-ring (bicyclic) bond motifs is 7. The van der Waals surface area contributed by atoms with Gasteiger partial charge in [-0.1, -0.05) is 65.0 Å². The van der Waals surface area contributed by atoms with E-state index in [1.54, 1.807) is 36.4 Å². The lowest BCUT2D eigenvalue weighted by molar-refractivity contribution is -0.224. The number of esters is 1. The molecule has 0 aliphatic heterocycles. The first-order chi connectivity index (χ1) is 25.0. The molecule has 5 aliphatic carbocycles. The van der Waals surface area contributed by atoms with Crippen LogP contribution in [-0.4, -0.2) is 36.7 Å². The molecule has 7 nitrogen and oxygen atoms in total. The van der Waals surface area contributed by atoms with E-state index >= 15 is 0 Å². The van der Waals surface area contributed by atoms with E-state index in [1.807, 2.05) is 12.1 Å². The minimum Gasteiger partial charge on any atom is -0.478 e. The normalized spacial score (nSPS) is 36.7. The van der Waals surface area contributed by atoms with E-state index in [2.05, 4.69) is 64.8 Å². The number of benzene rings is 2. The number of carbonyl (C=O) groups excluding carboxylic acids is 2. The number of carboxylic acids is 1. The van der Waals surface area contributed by atoms with E-state index < -0.39 is 11.9 Å². The van der Waals surface area contributed by atoms with Crippen LogP contribution in [0.4, 0.5) is 10.5 Å². The molecule has 9 unspecified atom stereocenters. The Kier molecular flexibility index (Phi) is 9.30. The third-order valence-electron chi connectivity index (χ3n) is 16.4. The third-order valence-corrected chi connectivity index (χ3v) is 16.4. The summed E-state index contributed by atoms with van der Waals surface area (Å²) >= 11 is 0. The highest BCUT2D eigenvalue weighted by atomic mass is 16.5. The van der Waals surface area contributed by atoms with Crippen LogP contribution in [0.1, 0.15) is 126 Å². The van der Waals surface area contributed by atoms with Crippen molar-refractivity contribution in [2.45, 2.75) is 99.3 Å². The van der Waals surface area contributed by atoms with Crippen LogP contribution in [-0.2, 0) is 4.74 Å². The molecule has 9 atom stereocenters. The zero-order chi connectivity index (χ0) is 38.1. The number of methoxy groups -OCH3 is 1. The topological polar surface area (TPSA) is 105 Å². The van der Waals surface area contributed by atoms with Crippen LogP contribution in [0.5, 0.6) is 0 Å². The van der Waals surface area contributed by atoms with Gasteiger partial charge in [-0.2, -0.15) is 0 Å². The molecule has 0 bridgehead atoms. The van der Waals surface area contributed by atoms with E-state index in [0.717, 1.165) is 31.2 Å². The van der Waals surface area contributed by atoms with Gasteiger partial charge in [0.1, 0.15) is 0 Å². The summed E-state index contributed by atoms with van der Waals surface area (Å²) in [7, 11) is 1.36. The van der Waals surface area contributed by atoms with Gasteiger partial charge in [0.25, 0.3) is 0 Å². The minimum atomic E-state index is -0.883. The van der Waals surface area contributed by atoms with Gasteiger partial charge in [-0.25, -0.2) is 14.4 Å². The Balaban J connectivity index is 1.13. The largest absolute Gasteiger partial charge is 0.478 e. The zero-order valence-corrected chi connectivity index (χ0v) is 32.9. The fourth-order valence-corrected chi connectivity index (χ4v) is 13.7. The second-order valence-electron chi connectivity index (χ2n) is 18.9. The summed E-state index contributed by atoms with van der Waals surface area (Å²) in [5.74, 6) is 1.42. The molecule has 0 saturated heterocycles.